The first-order valence-corrected chi connectivity index (χ1v) is 13.6. The van der Waals surface area contributed by atoms with Crippen LogP contribution in [0.1, 0.15) is 67.8 Å². The van der Waals surface area contributed by atoms with Crippen molar-refractivity contribution in [2.75, 3.05) is 11.8 Å². The van der Waals surface area contributed by atoms with Crippen LogP contribution in [0.2, 0.25) is 0 Å². The molecule has 0 spiro atoms. The zero-order valence-corrected chi connectivity index (χ0v) is 21.6. The first kappa shape index (κ1) is 25.1. The zero-order chi connectivity index (χ0) is 26.4. The van der Waals surface area contributed by atoms with E-state index in [4.69, 9.17) is 9.47 Å². The number of benzene rings is 2. The normalized spacial score (nSPS) is 19.0. The second-order valence-electron chi connectivity index (χ2n) is 10.2. The monoisotopic (exact) mass is 529 g/mol. The number of sulfonamides is 1. The lowest BCUT2D eigenvalue weighted by Gasteiger charge is -2.29. The second-order valence-corrected chi connectivity index (χ2v) is 11.8. The van der Waals surface area contributed by atoms with Crippen molar-refractivity contribution in [3.8, 4) is 11.4 Å². The smallest absolute Gasteiger partial charge is 0.337 e. The number of ether oxygens (including phenoxy) is 2. The second kappa shape index (κ2) is 9.40. The van der Waals surface area contributed by atoms with Gasteiger partial charge in [-0.15, -0.1) is 5.10 Å². The van der Waals surface area contributed by atoms with Gasteiger partial charge < -0.3 is 9.47 Å². The summed E-state index contributed by atoms with van der Waals surface area (Å²) in [5.74, 6) is -1.17. The Kier molecular flexibility index (Phi) is 6.38. The van der Waals surface area contributed by atoms with Gasteiger partial charge in [-0.3, -0.25) is 4.72 Å². The fourth-order valence-corrected chi connectivity index (χ4v) is 6.16. The lowest BCUT2D eigenvalue weighted by Crippen LogP contribution is -2.29. The van der Waals surface area contributed by atoms with Crippen molar-refractivity contribution in [3.05, 3.63) is 53.6 Å². The number of nitrogens with zero attached hydrogens (tertiary/aromatic N) is 4. The van der Waals surface area contributed by atoms with Crippen LogP contribution in [0.5, 0.6) is 5.75 Å². The topological polar surface area (TPSA) is 125 Å². The van der Waals surface area contributed by atoms with Gasteiger partial charge in [0.2, 0.25) is 0 Å². The third-order valence-corrected chi connectivity index (χ3v) is 8.48. The predicted molar refractivity (Wildman–Crippen MR) is 132 cm³/mol. The number of esters is 1. The number of halogens is 1. The summed E-state index contributed by atoms with van der Waals surface area (Å²) in [6, 6.07) is 6.97. The number of carbonyl (C=O) groups excluding carboxylic acids is 1. The third-order valence-electron chi connectivity index (χ3n) is 7.06. The fraction of sp³-hybridized carbons (Fsp3) is 0.440. The van der Waals surface area contributed by atoms with Gasteiger partial charge >= 0.3 is 5.97 Å². The van der Waals surface area contributed by atoms with Crippen LogP contribution in [0.25, 0.3) is 5.69 Å². The average Bonchev–Trinajstić information content (AvgIpc) is 3.46. The Balaban J connectivity index is 1.58. The summed E-state index contributed by atoms with van der Waals surface area (Å²) in [6.07, 6.45) is 5.35. The van der Waals surface area contributed by atoms with Crippen LogP contribution in [0.4, 0.5) is 10.1 Å². The molecule has 2 aliphatic carbocycles. The molecule has 0 aliphatic heterocycles. The molecule has 2 saturated carbocycles. The molecule has 1 aromatic heterocycles. The summed E-state index contributed by atoms with van der Waals surface area (Å²) >= 11 is 0. The van der Waals surface area contributed by atoms with E-state index in [9.17, 15) is 13.2 Å². The molecule has 0 bridgehead atoms. The minimum absolute atomic E-state index is 0.0293. The number of rotatable bonds is 8. The first-order chi connectivity index (χ1) is 17.6. The minimum Gasteiger partial charge on any atom is -0.488 e. The van der Waals surface area contributed by atoms with E-state index in [0.29, 0.717) is 5.56 Å². The molecule has 1 atom stereocenters. The molecular weight excluding hydrogens is 501 g/mol. The highest BCUT2D eigenvalue weighted by Gasteiger charge is 2.37. The van der Waals surface area contributed by atoms with Gasteiger partial charge in [0.05, 0.1) is 23.3 Å². The number of carbonyl (C=O) groups is 1. The van der Waals surface area contributed by atoms with E-state index in [-0.39, 0.29) is 45.0 Å². The van der Waals surface area contributed by atoms with Crippen LogP contribution in [-0.2, 0) is 14.8 Å². The standard InChI is InChI=1S/C25H28FN5O5S/c1-25(2)10-4-5-23(25)36-21-12-18(26)20(31-14-27-29-30-31)13-19(21)28-37(33,34)22-11-16(24(32)35-3)8-9-17(22)15-6-7-15/h8-9,11-15,23,28H,4-7,10H2,1-3H3/t23-/m1/s1. The predicted octanol–water partition coefficient (Wildman–Crippen LogP) is 4.22. The number of nitrogens with one attached hydrogen (secondary N) is 1. The highest BCUT2D eigenvalue weighted by Crippen LogP contribution is 2.45. The van der Waals surface area contributed by atoms with Crippen LogP contribution >= 0.6 is 0 Å². The third kappa shape index (κ3) is 5.02. The maximum Gasteiger partial charge on any atom is 0.337 e. The van der Waals surface area contributed by atoms with E-state index in [0.717, 1.165) is 42.9 Å². The van der Waals surface area contributed by atoms with Crippen molar-refractivity contribution in [2.24, 2.45) is 5.41 Å². The number of hydrogen-bond acceptors (Lipinski definition) is 8. The molecule has 0 saturated heterocycles. The first-order valence-electron chi connectivity index (χ1n) is 12.1. The van der Waals surface area contributed by atoms with E-state index < -0.39 is 21.8 Å². The van der Waals surface area contributed by atoms with Crippen LogP contribution in [0.15, 0.2) is 41.6 Å². The largest absolute Gasteiger partial charge is 0.488 e. The molecule has 2 aromatic carbocycles. The van der Waals surface area contributed by atoms with Crippen molar-refractivity contribution < 1.29 is 27.1 Å². The maximum atomic E-state index is 15.1. The van der Waals surface area contributed by atoms with Gasteiger partial charge in [0, 0.05) is 11.5 Å². The van der Waals surface area contributed by atoms with Crippen LogP contribution in [0.3, 0.4) is 0 Å². The summed E-state index contributed by atoms with van der Waals surface area (Å²) in [5, 5.41) is 10.8. The number of aromatic nitrogens is 4. The molecule has 37 heavy (non-hydrogen) atoms. The van der Waals surface area contributed by atoms with Gasteiger partial charge in [0.1, 0.15) is 23.9 Å². The van der Waals surface area contributed by atoms with Gasteiger partial charge in [0.25, 0.3) is 10.0 Å². The van der Waals surface area contributed by atoms with Gasteiger partial charge in [0.15, 0.2) is 5.82 Å². The minimum atomic E-state index is -4.22. The van der Waals surface area contributed by atoms with Gasteiger partial charge in [-0.1, -0.05) is 19.9 Å². The Morgan fingerprint density at radius 2 is 1.97 bits per heavy atom. The molecule has 2 aliphatic rings. The summed E-state index contributed by atoms with van der Waals surface area (Å²) in [4.78, 5) is 12.1. The summed E-state index contributed by atoms with van der Waals surface area (Å²) in [7, 11) is -2.98. The zero-order valence-electron chi connectivity index (χ0n) is 20.8. The Morgan fingerprint density at radius 1 is 1.19 bits per heavy atom. The van der Waals surface area contributed by atoms with E-state index >= 15 is 4.39 Å². The Hall–Kier alpha value is -3.54. The molecule has 0 unspecified atom stereocenters. The van der Waals surface area contributed by atoms with E-state index in [1.807, 2.05) is 0 Å². The van der Waals surface area contributed by atoms with E-state index in [1.165, 1.54) is 25.6 Å². The summed E-state index contributed by atoms with van der Waals surface area (Å²) in [5.41, 5.74) is 0.563. The molecule has 196 valence electrons. The molecule has 10 nitrogen and oxygen atoms in total. The summed E-state index contributed by atoms with van der Waals surface area (Å²) in [6.45, 7) is 4.14. The number of hydrogen-bond donors (Lipinski definition) is 1. The van der Waals surface area contributed by atoms with Gasteiger partial charge in [-0.25, -0.2) is 17.6 Å². The van der Waals surface area contributed by atoms with Crippen LogP contribution < -0.4 is 9.46 Å². The molecule has 0 amide bonds. The molecule has 2 fully saturated rings. The lowest BCUT2D eigenvalue weighted by atomic mass is 9.89. The number of tetrazole rings is 1. The SMILES string of the molecule is COC(=O)c1ccc(C2CC2)c(S(=O)(=O)Nc2cc(-n3cnnn3)c(F)cc2O[C@@H]2CCCC2(C)C)c1. The van der Waals surface area contributed by atoms with E-state index in [1.54, 1.807) is 12.1 Å². The van der Waals surface area contributed by atoms with Crippen molar-refractivity contribution in [2.45, 2.75) is 62.9 Å². The Labute approximate surface area is 214 Å². The van der Waals surface area contributed by atoms with Crippen molar-refractivity contribution in [1.82, 2.24) is 20.2 Å². The van der Waals surface area contributed by atoms with Crippen LogP contribution in [0, 0.1) is 11.2 Å². The molecule has 1 heterocycles. The van der Waals surface area contributed by atoms with Crippen molar-refractivity contribution >= 4 is 21.7 Å². The lowest BCUT2D eigenvalue weighted by molar-refractivity contribution is 0.0600. The maximum absolute atomic E-state index is 15.1. The number of anilines is 1. The highest BCUT2D eigenvalue weighted by molar-refractivity contribution is 7.92. The van der Waals surface area contributed by atoms with Gasteiger partial charge in [-0.2, -0.15) is 4.68 Å². The molecule has 0 radical (unpaired) electrons. The van der Waals surface area contributed by atoms with E-state index in [2.05, 4.69) is 34.1 Å². The van der Waals surface area contributed by atoms with Crippen molar-refractivity contribution in [3.63, 3.8) is 0 Å². The molecule has 1 N–H and O–H groups in total. The molecule has 3 aromatic rings. The van der Waals surface area contributed by atoms with Gasteiger partial charge in [-0.05, 0) is 72.2 Å². The Morgan fingerprint density at radius 3 is 2.59 bits per heavy atom. The molecule has 5 rings (SSSR count). The highest BCUT2D eigenvalue weighted by atomic mass is 32.2. The quantitative estimate of drug-likeness (QED) is 0.430. The van der Waals surface area contributed by atoms with Crippen LogP contribution in [-0.4, -0.2) is 47.8 Å². The average molecular weight is 530 g/mol. The van der Waals surface area contributed by atoms with Crippen molar-refractivity contribution in [1.29, 1.82) is 0 Å². The molecule has 12 heteroatoms. The molecular formula is C25H28FN5O5S. The Bertz CT molecular complexity index is 1440. The number of methoxy groups -OCH3 is 1. The summed E-state index contributed by atoms with van der Waals surface area (Å²) < 4.78 is 57.4. The fourth-order valence-electron chi connectivity index (χ4n) is 4.78.